The molecular formula is C30H32FN5O4. The number of nitrogens with zero attached hydrogens (tertiary/aromatic N) is 5. The summed E-state index contributed by atoms with van der Waals surface area (Å²) in [5, 5.41) is 6.50. The molecule has 10 heteroatoms. The number of carbonyl (C=O) groups excluding carboxylic acids is 1. The minimum Gasteiger partial charge on any atom is -0.470 e. The standard InChI is InChI=1S/C30H32FN5O4/c1-21-27(36(25-9-4-3-5-10-25)34-30(21)39-20-24-8-6-7-12-32-24)18-26(37)16-23-19-35(14-15-38-2)40-29(23)22-11-13-33-28(31)17-22/h3-13,17,23,29H,14-16,18-20H2,1-2H3/t23-,29+/m1/s1. The van der Waals surface area contributed by atoms with Crippen molar-refractivity contribution in [2.24, 2.45) is 5.92 Å². The molecule has 1 saturated heterocycles. The SMILES string of the molecule is COCCN1C[C@@H](CC(=O)Cc2c(C)c(OCc3ccccn3)nn2-c2ccccc2)[C@H](c2ccnc(F)c2)O1. The Labute approximate surface area is 232 Å². The maximum atomic E-state index is 13.9. The predicted molar refractivity (Wildman–Crippen MR) is 145 cm³/mol. The highest BCUT2D eigenvalue weighted by molar-refractivity contribution is 5.81. The Kier molecular flexibility index (Phi) is 8.90. The van der Waals surface area contributed by atoms with Crippen molar-refractivity contribution in [3.8, 4) is 11.6 Å². The lowest BCUT2D eigenvalue weighted by Crippen LogP contribution is -2.24. The summed E-state index contributed by atoms with van der Waals surface area (Å²) in [5.74, 6) is -0.267. The number of pyridine rings is 2. The predicted octanol–water partition coefficient (Wildman–Crippen LogP) is 4.44. The number of benzene rings is 1. The fourth-order valence-electron chi connectivity index (χ4n) is 4.90. The number of hydroxylamine groups is 2. The second-order valence-corrected chi connectivity index (χ2v) is 9.73. The number of aromatic nitrogens is 4. The molecule has 1 fully saturated rings. The first-order chi connectivity index (χ1) is 19.5. The average Bonchev–Trinajstić information content (AvgIpc) is 3.52. The van der Waals surface area contributed by atoms with Gasteiger partial charge in [0.2, 0.25) is 11.8 Å². The highest BCUT2D eigenvalue weighted by Gasteiger charge is 2.37. The van der Waals surface area contributed by atoms with Gasteiger partial charge in [0.15, 0.2) is 0 Å². The summed E-state index contributed by atoms with van der Waals surface area (Å²) in [6, 6.07) is 18.4. The van der Waals surface area contributed by atoms with Gasteiger partial charge in [0.25, 0.3) is 0 Å². The maximum Gasteiger partial charge on any atom is 0.236 e. The summed E-state index contributed by atoms with van der Waals surface area (Å²) in [7, 11) is 1.62. The summed E-state index contributed by atoms with van der Waals surface area (Å²) in [6.07, 6.45) is 3.08. The van der Waals surface area contributed by atoms with E-state index in [4.69, 9.17) is 19.4 Å². The number of hydrogen-bond donors (Lipinski definition) is 0. The Morgan fingerprint density at radius 3 is 2.67 bits per heavy atom. The van der Waals surface area contributed by atoms with Crippen LogP contribution in [0.4, 0.5) is 4.39 Å². The highest BCUT2D eigenvalue weighted by atomic mass is 19.1. The quantitative estimate of drug-likeness (QED) is 0.241. The zero-order valence-electron chi connectivity index (χ0n) is 22.6. The van der Waals surface area contributed by atoms with Gasteiger partial charge in [0.1, 0.15) is 18.5 Å². The minimum atomic E-state index is -0.581. The molecule has 1 aliphatic heterocycles. The molecule has 40 heavy (non-hydrogen) atoms. The summed E-state index contributed by atoms with van der Waals surface area (Å²) < 4.78 is 26.9. The molecule has 5 rings (SSSR count). The summed E-state index contributed by atoms with van der Waals surface area (Å²) in [5.41, 5.74) is 3.83. The van der Waals surface area contributed by atoms with Crippen LogP contribution in [0.15, 0.2) is 73.1 Å². The van der Waals surface area contributed by atoms with Crippen LogP contribution in [0.3, 0.4) is 0 Å². The Morgan fingerprint density at radius 2 is 1.93 bits per heavy atom. The second kappa shape index (κ2) is 12.9. The van der Waals surface area contributed by atoms with Gasteiger partial charge in [0.05, 0.1) is 23.7 Å². The van der Waals surface area contributed by atoms with Crippen molar-refractivity contribution >= 4 is 5.78 Å². The number of para-hydroxylation sites is 1. The van der Waals surface area contributed by atoms with Gasteiger partial charge in [-0.05, 0) is 48.9 Å². The van der Waals surface area contributed by atoms with Gasteiger partial charge in [-0.15, -0.1) is 5.10 Å². The minimum absolute atomic E-state index is 0.0261. The van der Waals surface area contributed by atoms with E-state index in [0.29, 0.717) is 31.1 Å². The number of Topliss-reactive ketones (excluding diaryl/α,β-unsaturated/α-hetero) is 1. The molecule has 0 N–H and O–H groups in total. The molecule has 0 amide bonds. The van der Waals surface area contributed by atoms with Crippen LogP contribution in [-0.2, 0) is 27.4 Å². The number of carbonyl (C=O) groups is 1. The second-order valence-electron chi connectivity index (χ2n) is 9.73. The van der Waals surface area contributed by atoms with Crippen LogP contribution in [0.5, 0.6) is 5.88 Å². The fourth-order valence-corrected chi connectivity index (χ4v) is 4.90. The van der Waals surface area contributed by atoms with E-state index in [2.05, 4.69) is 9.97 Å². The van der Waals surface area contributed by atoms with Crippen LogP contribution < -0.4 is 4.74 Å². The van der Waals surface area contributed by atoms with Crippen LogP contribution in [0, 0.1) is 18.8 Å². The van der Waals surface area contributed by atoms with E-state index in [-0.39, 0.29) is 31.1 Å². The molecule has 1 aromatic carbocycles. The monoisotopic (exact) mass is 545 g/mol. The Hall–Kier alpha value is -3.99. The molecule has 9 nitrogen and oxygen atoms in total. The van der Waals surface area contributed by atoms with E-state index in [1.165, 1.54) is 12.3 Å². The third-order valence-corrected chi connectivity index (χ3v) is 6.89. The molecule has 0 saturated carbocycles. The van der Waals surface area contributed by atoms with Crippen LogP contribution in [0.2, 0.25) is 0 Å². The van der Waals surface area contributed by atoms with Gasteiger partial charge in [0, 0.05) is 56.9 Å². The molecule has 208 valence electrons. The van der Waals surface area contributed by atoms with E-state index in [0.717, 1.165) is 22.6 Å². The van der Waals surface area contributed by atoms with Gasteiger partial charge in [-0.1, -0.05) is 24.3 Å². The number of hydrogen-bond acceptors (Lipinski definition) is 8. The highest BCUT2D eigenvalue weighted by Crippen LogP contribution is 2.37. The summed E-state index contributed by atoms with van der Waals surface area (Å²) in [6.45, 7) is 3.73. The zero-order valence-corrected chi connectivity index (χ0v) is 22.6. The largest absolute Gasteiger partial charge is 0.470 e. The van der Waals surface area contributed by atoms with Crippen molar-refractivity contribution in [2.45, 2.75) is 32.5 Å². The molecular weight excluding hydrogens is 513 g/mol. The lowest BCUT2D eigenvalue weighted by atomic mass is 9.91. The number of rotatable bonds is 12. The molecule has 1 aliphatic rings. The van der Waals surface area contributed by atoms with Crippen molar-refractivity contribution < 1.29 is 23.5 Å². The van der Waals surface area contributed by atoms with Crippen LogP contribution in [0.25, 0.3) is 5.69 Å². The van der Waals surface area contributed by atoms with E-state index in [1.807, 2.05) is 55.5 Å². The zero-order chi connectivity index (χ0) is 27.9. The molecule has 0 radical (unpaired) electrons. The van der Waals surface area contributed by atoms with E-state index in [1.54, 1.807) is 29.1 Å². The molecule has 0 spiro atoms. The fraction of sp³-hybridized carbons (Fsp3) is 0.333. The van der Waals surface area contributed by atoms with Crippen molar-refractivity contribution in [2.75, 3.05) is 26.8 Å². The lowest BCUT2D eigenvalue weighted by molar-refractivity contribution is -0.155. The van der Waals surface area contributed by atoms with Crippen molar-refractivity contribution in [1.29, 1.82) is 0 Å². The third kappa shape index (κ3) is 6.59. The molecule has 0 bridgehead atoms. The summed E-state index contributed by atoms with van der Waals surface area (Å²) in [4.78, 5) is 27.7. The van der Waals surface area contributed by atoms with Crippen molar-refractivity contribution in [1.82, 2.24) is 24.8 Å². The summed E-state index contributed by atoms with van der Waals surface area (Å²) >= 11 is 0. The first-order valence-electron chi connectivity index (χ1n) is 13.2. The van der Waals surface area contributed by atoms with E-state index in [9.17, 15) is 9.18 Å². The topological polar surface area (TPSA) is 91.6 Å². The smallest absolute Gasteiger partial charge is 0.236 e. The van der Waals surface area contributed by atoms with E-state index >= 15 is 0 Å². The number of ketones is 1. The normalized spacial score (nSPS) is 17.3. The van der Waals surface area contributed by atoms with Crippen LogP contribution in [0.1, 0.15) is 35.0 Å². The molecule has 2 atom stereocenters. The van der Waals surface area contributed by atoms with Crippen molar-refractivity contribution in [3.63, 3.8) is 0 Å². The van der Waals surface area contributed by atoms with Gasteiger partial charge in [-0.2, -0.15) is 9.45 Å². The third-order valence-electron chi connectivity index (χ3n) is 6.89. The van der Waals surface area contributed by atoms with Gasteiger partial charge in [-0.25, -0.2) is 9.67 Å². The number of ether oxygens (including phenoxy) is 2. The molecule has 0 aliphatic carbocycles. The Bertz CT molecular complexity index is 1420. The molecule has 4 heterocycles. The molecule has 3 aromatic heterocycles. The van der Waals surface area contributed by atoms with Gasteiger partial charge >= 0.3 is 0 Å². The molecule has 0 unspecified atom stereocenters. The van der Waals surface area contributed by atoms with E-state index < -0.39 is 12.1 Å². The molecule has 4 aromatic rings. The number of methoxy groups -OCH3 is 1. The average molecular weight is 546 g/mol. The van der Waals surface area contributed by atoms with Gasteiger partial charge in [-0.3, -0.25) is 14.6 Å². The maximum absolute atomic E-state index is 13.9. The number of halogens is 1. The first kappa shape index (κ1) is 27.6. The Morgan fingerprint density at radius 1 is 1.10 bits per heavy atom. The van der Waals surface area contributed by atoms with Crippen molar-refractivity contribution in [3.05, 3.63) is 102 Å². The van der Waals surface area contributed by atoms with Crippen LogP contribution in [-0.4, -0.2) is 57.4 Å². The lowest BCUT2D eigenvalue weighted by Gasteiger charge is -2.17. The first-order valence-corrected chi connectivity index (χ1v) is 13.2. The Balaban J connectivity index is 1.36. The van der Waals surface area contributed by atoms with Gasteiger partial charge < -0.3 is 9.47 Å². The van der Waals surface area contributed by atoms with Crippen LogP contribution >= 0.6 is 0 Å².